The van der Waals surface area contributed by atoms with Gasteiger partial charge in [-0.3, -0.25) is 9.59 Å². The van der Waals surface area contributed by atoms with Gasteiger partial charge in [-0.2, -0.15) is 0 Å². The molecule has 2 aliphatic rings. The summed E-state index contributed by atoms with van der Waals surface area (Å²) in [4.78, 5) is 25.8. The van der Waals surface area contributed by atoms with Gasteiger partial charge < -0.3 is 64.2 Å². The predicted molar refractivity (Wildman–Crippen MR) is 270 cm³/mol. The standard InChI is InChI=1S/C55H90O15/c1-3-5-7-9-11-13-15-17-19-20-21-22-24-26-28-30-32-34-36-38-47(58)68-43(40-65-46(57)37-35-33-31-29-27-25-23-18-16-14-12-10-8-6-4-2)41-66-54-53(64)51(62)49(60)45(70-54)42-67-55-52(63)50(61)48(59)44(39-56)69-55/h5,7,11-14,17-19,21-23,26,28,43-45,48-56,59-64H,3-4,6,8-10,15-16,20,24-25,27,29-42H2,1-2H3/b7-5-,13-11-,14-12-,19-17-,22-21-,23-18-,28-26-. The molecular weight excluding hydrogens is 901 g/mol. The summed E-state index contributed by atoms with van der Waals surface area (Å²) in [6, 6.07) is 0. The van der Waals surface area contributed by atoms with Crippen LogP contribution in [-0.2, 0) is 38.0 Å². The van der Waals surface area contributed by atoms with Crippen LogP contribution >= 0.6 is 0 Å². The minimum absolute atomic E-state index is 0.118. The molecule has 0 aromatic carbocycles. The van der Waals surface area contributed by atoms with Crippen LogP contribution in [0.4, 0.5) is 0 Å². The van der Waals surface area contributed by atoms with Crippen molar-refractivity contribution in [2.75, 3.05) is 26.4 Å². The molecule has 15 nitrogen and oxygen atoms in total. The Morgan fingerprint density at radius 2 is 0.900 bits per heavy atom. The van der Waals surface area contributed by atoms with Gasteiger partial charge in [-0.05, 0) is 89.9 Å². The smallest absolute Gasteiger partial charge is 0.306 e. The highest BCUT2D eigenvalue weighted by molar-refractivity contribution is 5.70. The third-order valence-electron chi connectivity index (χ3n) is 11.9. The second-order valence-corrected chi connectivity index (χ2v) is 18.0. The molecule has 70 heavy (non-hydrogen) atoms. The van der Waals surface area contributed by atoms with E-state index in [2.05, 4.69) is 98.9 Å². The van der Waals surface area contributed by atoms with Crippen molar-refractivity contribution in [2.24, 2.45) is 0 Å². The number of unbranched alkanes of at least 4 members (excludes halogenated alkanes) is 11. The Hall–Kier alpha value is -3.32. The lowest BCUT2D eigenvalue weighted by Crippen LogP contribution is -2.61. The van der Waals surface area contributed by atoms with E-state index in [-0.39, 0.29) is 19.4 Å². The SMILES string of the molecule is CC/C=C\C/C=C\C/C=C\C/C=C\C/C=C\CCCCCC(=O)OC(COC(=O)CCCCCCC/C=C\C/C=C\CCCCC)COC1OC(COC2OC(CO)C(O)C(O)C2O)C(O)C(O)C1O. The number of esters is 2. The first-order chi connectivity index (χ1) is 34.0. The highest BCUT2D eigenvalue weighted by atomic mass is 16.7. The van der Waals surface area contributed by atoms with Gasteiger partial charge >= 0.3 is 11.9 Å². The topological polar surface area (TPSA) is 231 Å². The number of hydrogen-bond donors (Lipinski definition) is 7. The molecule has 2 saturated heterocycles. The van der Waals surface area contributed by atoms with Crippen molar-refractivity contribution < 1.29 is 73.8 Å². The van der Waals surface area contributed by atoms with Gasteiger partial charge in [0, 0.05) is 12.8 Å². The number of ether oxygens (including phenoxy) is 6. The fourth-order valence-electron chi connectivity index (χ4n) is 7.57. The molecule has 7 N–H and O–H groups in total. The molecule has 0 aromatic rings. The Kier molecular flexibility index (Phi) is 36.9. The van der Waals surface area contributed by atoms with Crippen LogP contribution in [0.3, 0.4) is 0 Å². The summed E-state index contributed by atoms with van der Waals surface area (Å²) in [6.07, 6.45) is 33.2. The van der Waals surface area contributed by atoms with E-state index in [1.165, 1.54) is 19.3 Å². The lowest BCUT2D eigenvalue weighted by Gasteiger charge is -2.42. The normalized spacial score (nSPS) is 26.1. The molecule has 0 aromatic heterocycles. The molecular formula is C55H90O15. The molecule has 2 fully saturated rings. The summed E-state index contributed by atoms with van der Waals surface area (Å²) in [5, 5.41) is 72.1. The zero-order valence-electron chi connectivity index (χ0n) is 42.2. The Labute approximate surface area is 418 Å². The second kappa shape index (κ2) is 41.2. The molecule has 2 heterocycles. The fraction of sp³-hybridized carbons (Fsp3) is 0.709. The van der Waals surface area contributed by atoms with Gasteiger partial charge in [-0.25, -0.2) is 0 Å². The summed E-state index contributed by atoms with van der Waals surface area (Å²) >= 11 is 0. The van der Waals surface area contributed by atoms with E-state index >= 15 is 0 Å². The van der Waals surface area contributed by atoms with Gasteiger partial charge in [-0.1, -0.05) is 137 Å². The first kappa shape index (κ1) is 62.8. The Bertz CT molecular complexity index is 1540. The Balaban J connectivity index is 1.83. The van der Waals surface area contributed by atoms with E-state index in [0.717, 1.165) is 96.3 Å². The minimum Gasteiger partial charge on any atom is -0.462 e. The van der Waals surface area contributed by atoms with Crippen LogP contribution in [-0.4, -0.2) is 142 Å². The Morgan fingerprint density at radius 1 is 0.471 bits per heavy atom. The van der Waals surface area contributed by atoms with E-state index in [4.69, 9.17) is 28.4 Å². The largest absolute Gasteiger partial charge is 0.462 e. The van der Waals surface area contributed by atoms with Crippen LogP contribution in [0, 0.1) is 0 Å². The number of hydrogen-bond acceptors (Lipinski definition) is 15. The van der Waals surface area contributed by atoms with Crippen molar-refractivity contribution in [1.82, 2.24) is 0 Å². The van der Waals surface area contributed by atoms with Crippen LogP contribution in [0.5, 0.6) is 0 Å². The highest BCUT2D eigenvalue weighted by Gasteiger charge is 2.47. The maximum Gasteiger partial charge on any atom is 0.306 e. The molecule has 0 amide bonds. The van der Waals surface area contributed by atoms with Gasteiger partial charge in [0.25, 0.3) is 0 Å². The number of rotatable bonds is 39. The quantitative estimate of drug-likeness (QED) is 0.0179. The Morgan fingerprint density at radius 3 is 1.43 bits per heavy atom. The molecule has 11 atom stereocenters. The van der Waals surface area contributed by atoms with E-state index < -0.39 is 99.3 Å². The van der Waals surface area contributed by atoms with Crippen LogP contribution in [0.2, 0.25) is 0 Å². The van der Waals surface area contributed by atoms with Gasteiger partial charge in [0.1, 0.15) is 55.4 Å². The summed E-state index contributed by atoms with van der Waals surface area (Å²) in [5.41, 5.74) is 0. The summed E-state index contributed by atoms with van der Waals surface area (Å²) in [7, 11) is 0. The lowest BCUT2D eigenvalue weighted by atomic mass is 9.98. The van der Waals surface area contributed by atoms with Crippen molar-refractivity contribution >= 4 is 11.9 Å². The molecule has 15 heteroatoms. The number of aliphatic hydroxyl groups is 7. The second-order valence-electron chi connectivity index (χ2n) is 18.0. The van der Waals surface area contributed by atoms with Gasteiger partial charge in [-0.15, -0.1) is 0 Å². The number of carbonyl (C=O) groups is 2. The van der Waals surface area contributed by atoms with Crippen molar-refractivity contribution in [3.8, 4) is 0 Å². The van der Waals surface area contributed by atoms with Gasteiger partial charge in [0.15, 0.2) is 18.7 Å². The van der Waals surface area contributed by atoms with Crippen LogP contribution < -0.4 is 0 Å². The van der Waals surface area contributed by atoms with Gasteiger partial charge in [0.05, 0.1) is 19.8 Å². The lowest BCUT2D eigenvalue weighted by molar-refractivity contribution is -0.332. The van der Waals surface area contributed by atoms with Crippen LogP contribution in [0.25, 0.3) is 0 Å². The van der Waals surface area contributed by atoms with Crippen molar-refractivity contribution in [1.29, 1.82) is 0 Å². The maximum atomic E-state index is 13.0. The minimum atomic E-state index is -1.78. The third-order valence-corrected chi connectivity index (χ3v) is 11.9. The molecule has 0 aliphatic carbocycles. The van der Waals surface area contributed by atoms with Gasteiger partial charge in [0.2, 0.25) is 0 Å². The average Bonchev–Trinajstić information content (AvgIpc) is 3.35. The van der Waals surface area contributed by atoms with E-state index in [1.54, 1.807) is 0 Å². The monoisotopic (exact) mass is 991 g/mol. The van der Waals surface area contributed by atoms with Crippen molar-refractivity contribution in [3.63, 3.8) is 0 Å². The average molecular weight is 991 g/mol. The number of allylic oxidation sites excluding steroid dienone is 14. The zero-order valence-corrected chi connectivity index (χ0v) is 42.2. The first-order valence-corrected chi connectivity index (χ1v) is 26.2. The van der Waals surface area contributed by atoms with E-state index in [9.17, 15) is 45.3 Å². The third kappa shape index (κ3) is 28.7. The molecule has 11 unspecified atom stereocenters. The molecule has 2 rings (SSSR count). The fourth-order valence-corrected chi connectivity index (χ4v) is 7.57. The highest BCUT2D eigenvalue weighted by Crippen LogP contribution is 2.26. The molecule has 0 saturated carbocycles. The maximum absolute atomic E-state index is 13.0. The van der Waals surface area contributed by atoms with Crippen molar-refractivity contribution in [3.05, 3.63) is 85.1 Å². The first-order valence-electron chi connectivity index (χ1n) is 26.2. The predicted octanol–water partition coefficient (Wildman–Crippen LogP) is 7.60. The summed E-state index contributed by atoms with van der Waals surface area (Å²) in [5.74, 6) is -0.987. The van der Waals surface area contributed by atoms with Crippen molar-refractivity contribution in [2.45, 2.75) is 223 Å². The van der Waals surface area contributed by atoms with E-state index in [0.29, 0.717) is 12.8 Å². The molecule has 400 valence electrons. The number of aliphatic hydroxyl groups excluding tert-OH is 7. The van der Waals surface area contributed by atoms with Crippen LogP contribution in [0.15, 0.2) is 85.1 Å². The molecule has 2 aliphatic heterocycles. The molecule has 0 bridgehead atoms. The zero-order chi connectivity index (χ0) is 51.0. The summed E-state index contributed by atoms with van der Waals surface area (Å²) < 4.78 is 33.5. The molecule has 0 radical (unpaired) electrons. The number of carbonyl (C=O) groups excluding carboxylic acids is 2. The van der Waals surface area contributed by atoms with E-state index in [1.807, 2.05) is 0 Å². The van der Waals surface area contributed by atoms with Crippen LogP contribution in [0.1, 0.15) is 155 Å². The summed E-state index contributed by atoms with van der Waals surface area (Å²) in [6.45, 7) is 2.38. The molecule has 0 spiro atoms.